The van der Waals surface area contributed by atoms with Crippen LogP contribution in [0.25, 0.3) is 0 Å². The summed E-state index contributed by atoms with van der Waals surface area (Å²) in [4.78, 5) is 19.5. The average Bonchev–Trinajstić information content (AvgIpc) is 3.28. The zero-order valence-electron chi connectivity index (χ0n) is 14.4. The molecular formula is C20H18F3N3O. The second-order valence-electron chi connectivity index (χ2n) is 7.04. The molecule has 4 rings (SSSR count). The minimum absolute atomic E-state index is 0.0828. The number of halogens is 3. The maximum absolute atomic E-state index is 12.9. The molecule has 4 atom stereocenters. The van der Waals surface area contributed by atoms with Crippen LogP contribution in [0.4, 0.5) is 13.2 Å². The van der Waals surface area contributed by atoms with E-state index >= 15 is 0 Å². The van der Waals surface area contributed by atoms with Gasteiger partial charge in [-0.15, -0.1) is 0 Å². The van der Waals surface area contributed by atoms with E-state index in [1.807, 2.05) is 30.3 Å². The third-order valence-electron chi connectivity index (χ3n) is 5.37. The van der Waals surface area contributed by atoms with Crippen LogP contribution >= 0.6 is 0 Å². The van der Waals surface area contributed by atoms with Gasteiger partial charge in [0.2, 0.25) is 11.7 Å². The molecule has 2 aliphatic carbocycles. The molecule has 2 aromatic rings. The van der Waals surface area contributed by atoms with Crippen LogP contribution in [-0.4, -0.2) is 15.9 Å². The summed E-state index contributed by atoms with van der Waals surface area (Å²) in [7, 11) is 0. The van der Waals surface area contributed by atoms with Crippen molar-refractivity contribution in [3.8, 4) is 0 Å². The zero-order valence-corrected chi connectivity index (χ0v) is 14.4. The highest BCUT2D eigenvalue weighted by molar-refractivity contribution is 5.81. The summed E-state index contributed by atoms with van der Waals surface area (Å²) in [5.41, 5.74) is 1.58. The highest BCUT2D eigenvalue weighted by Gasteiger charge is 2.48. The number of hydrogen-bond donors (Lipinski definition) is 1. The van der Waals surface area contributed by atoms with Crippen molar-refractivity contribution in [3.05, 3.63) is 71.8 Å². The number of allylic oxidation sites excluding steroid dienone is 2. The molecule has 27 heavy (non-hydrogen) atoms. The molecule has 0 spiro atoms. The number of nitrogens with one attached hydrogen (secondary N) is 1. The van der Waals surface area contributed by atoms with E-state index in [4.69, 9.17) is 0 Å². The van der Waals surface area contributed by atoms with Gasteiger partial charge in [0.15, 0.2) is 0 Å². The summed E-state index contributed by atoms with van der Waals surface area (Å²) < 4.78 is 37.6. The molecule has 4 unspecified atom stereocenters. The van der Waals surface area contributed by atoms with Crippen LogP contribution in [0.2, 0.25) is 0 Å². The number of alkyl halides is 3. The smallest absolute Gasteiger partial charge is 0.352 e. The standard InChI is InChI=1S/C20H18F3N3O/c21-20(22,23)19-25-10-12(11-26-19)9-24-18(27)17-15-7-6-14(8-15)16(17)13-4-2-1-3-5-13/h1-7,10-11,14-17H,8-9H2,(H,24,27). The van der Waals surface area contributed by atoms with E-state index in [1.165, 1.54) is 0 Å². The molecule has 2 bridgehead atoms. The summed E-state index contributed by atoms with van der Waals surface area (Å²) in [6, 6.07) is 9.98. The van der Waals surface area contributed by atoms with Crippen LogP contribution in [0.5, 0.6) is 0 Å². The lowest BCUT2D eigenvalue weighted by molar-refractivity contribution is -0.145. The Kier molecular flexibility index (Phi) is 4.45. The van der Waals surface area contributed by atoms with Crippen molar-refractivity contribution in [3.63, 3.8) is 0 Å². The van der Waals surface area contributed by atoms with Crippen LogP contribution in [0, 0.1) is 17.8 Å². The summed E-state index contributed by atoms with van der Waals surface area (Å²) in [6.45, 7) is 0.107. The quantitative estimate of drug-likeness (QED) is 0.831. The first kappa shape index (κ1) is 17.7. The minimum Gasteiger partial charge on any atom is -0.352 e. The Morgan fingerprint density at radius 3 is 2.41 bits per heavy atom. The molecule has 0 aliphatic heterocycles. The molecule has 0 saturated heterocycles. The van der Waals surface area contributed by atoms with Crippen molar-refractivity contribution >= 4 is 5.91 Å². The third kappa shape index (κ3) is 3.46. The number of carbonyl (C=O) groups excluding carboxylic acids is 1. The Bertz CT molecular complexity index is 849. The highest BCUT2D eigenvalue weighted by Crippen LogP contribution is 2.53. The second kappa shape index (κ2) is 6.79. The number of aromatic nitrogens is 2. The van der Waals surface area contributed by atoms with Gasteiger partial charge in [-0.25, -0.2) is 9.97 Å². The maximum Gasteiger partial charge on any atom is 0.451 e. The monoisotopic (exact) mass is 373 g/mol. The molecule has 4 nitrogen and oxygen atoms in total. The first-order chi connectivity index (χ1) is 12.9. The van der Waals surface area contributed by atoms with Gasteiger partial charge in [0, 0.05) is 30.4 Å². The van der Waals surface area contributed by atoms with Crippen molar-refractivity contribution in [2.24, 2.45) is 17.8 Å². The summed E-state index contributed by atoms with van der Waals surface area (Å²) in [5, 5.41) is 2.85. The van der Waals surface area contributed by atoms with E-state index in [1.54, 1.807) is 0 Å². The van der Waals surface area contributed by atoms with E-state index < -0.39 is 12.0 Å². The van der Waals surface area contributed by atoms with Crippen LogP contribution in [0.1, 0.15) is 29.3 Å². The molecular weight excluding hydrogens is 355 g/mol. The number of amides is 1. The van der Waals surface area contributed by atoms with Gasteiger partial charge in [0.05, 0.1) is 5.92 Å². The topological polar surface area (TPSA) is 54.9 Å². The van der Waals surface area contributed by atoms with Gasteiger partial charge in [0.1, 0.15) is 0 Å². The number of nitrogens with zero attached hydrogens (tertiary/aromatic N) is 2. The van der Waals surface area contributed by atoms with E-state index in [2.05, 4.69) is 27.4 Å². The van der Waals surface area contributed by atoms with Crippen LogP contribution in [0.15, 0.2) is 54.9 Å². The molecule has 1 fully saturated rings. The van der Waals surface area contributed by atoms with Gasteiger partial charge in [-0.05, 0) is 23.8 Å². The number of rotatable bonds is 4. The SMILES string of the molecule is O=C(NCc1cnc(C(F)(F)F)nc1)C1C2C=CC(C2)C1c1ccccc1. The Balaban J connectivity index is 1.45. The fraction of sp³-hybridized carbons (Fsp3) is 0.350. The Hall–Kier alpha value is -2.70. The number of hydrogen-bond acceptors (Lipinski definition) is 3. The summed E-state index contributed by atoms with van der Waals surface area (Å²) in [5.74, 6) is -0.755. The van der Waals surface area contributed by atoms with Crippen molar-refractivity contribution in [2.75, 3.05) is 0 Å². The molecule has 7 heteroatoms. The summed E-state index contributed by atoms with van der Waals surface area (Å²) >= 11 is 0. The van der Waals surface area contributed by atoms with Crippen LogP contribution < -0.4 is 5.32 Å². The number of fused-ring (bicyclic) bond motifs is 2. The van der Waals surface area contributed by atoms with E-state index in [-0.39, 0.29) is 30.2 Å². The lowest BCUT2D eigenvalue weighted by Gasteiger charge is -2.27. The lowest BCUT2D eigenvalue weighted by atomic mass is 9.78. The first-order valence-corrected chi connectivity index (χ1v) is 8.82. The summed E-state index contributed by atoms with van der Waals surface area (Å²) in [6.07, 6.45) is 2.89. The molecule has 2 aliphatic rings. The van der Waals surface area contributed by atoms with E-state index in [0.717, 1.165) is 24.4 Å². The van der Waals surface area contributed by atoms with Crippen LogP contribution in [0.3, 0.4) is 0 Å². The fourth-order valence-electron chi connectivity index (χ4n) is 4.21. The predicted molar refractivity (Wildman–Crippen MR) is 92.3 cm³/mol. The lowest BCUT2D eigenvalue weighted by Crippen LogP contribution is -2.36. The van der Waals surface area contributed by atoms with Gasteiger partial charge in [0.25, 0.3) is 0 Å². The van der Waals surface area contributed by atoms with Crippen molar-refractivity contribution < 1.29 is 18.0 Å². The van der Waals surface area contributed by atoms with Gasteiger partial charge in [-0.3, -0.25) is 4.79 Å². The minimum atomic E-state index is -4.57. The van der Waals surface area contributed by atoms with Gasteiger partial charge in [-0.1, -0.05) is 42.5 Å². The van der Waals surface area contributed by atoms with Crippen molar-refractivity contribution in [2.45, 2.75) is 25.1 Å². The fourth-order valence-corrected chi connectivity index (χ4v) is 4.21. The normalized spacial score (nSPS) is 26.3. The highest BCUT2D eigenvalue weighted by atomic mass is 19.4. The third-order valence-corrected chi connectivity index (χ3v) is 5.37. The second-order valence-corrected chi connectivity index (χ2v) is 7.04. The van der Waals surface area contributed by atoms with Gasteiger partial charge >= 0.3 is 6.18 Å². The Morgan fingerprint density at radius 1 is 1.07 bits per heavy atom. The van der Waals surface area contributed by atoms with E-state index in [0.29, 0.717) is 11.5 Å². The molecule has 1 heterocycles. The molecule has 1 N–H and O–H groups in total. The van der Waals surface area contributed by atoms with Crippen molar-refractivity contribution in [1.29, 1.82) is 0 Å². The number of benzene rings is 1. The maximum atomic E-state index is 12.9. The van der Waals surface area contributed by atoms with E-state index in [9.17, 15) is 18.0 Å². The molecule has 140 valence electrons. The average molecular weight is 373 g/mol. The molecule has 0 radical (unpaired) electrons. The van der Waals surface area contributed by atoms with Crippen molar-refractivity contribution in [1.82, 2.24) is 15.3 Å². The molecule has 1 aromatic carbocycles. The van der Waals surface area contributed by atoms with Crippen LogP contribution in [-0.2, 0) is 17.5 Å². The van der Waals surface area contributed by atoms with Gasteiger partial charge < -0.3 is 5.32 Å². The first-order valence-electron chi connectivity index (χ1n) is 8.82. The molecule has 1 saturated carbocycles. The number of carbonyl (C=O) groups is 1. The van der Waals surface area contributed by atoms with Gasteiger partial charge in [-0.2, -0.15) is 13.2 Å². The Labute approximate surface area is 154 Å². The molecule has 1 amide bonds. The zero-order chi connectivity index (χ0) is 19.0. The largest absolute Gasteiger partial charge is 0.451 e. The molecule has 1 aromatic heterocycles. The Morgan fingerprint density at radius 2 is 1.74 bits per heavy atom. The predicted octanol–water partition coefficient (Wildman–Crippen LogP) is 3.72.